The highest BCUT2D eigenvalue weighted by molar-refractivity contribution is 6.26. The molecule has 2 aromatic heterocycles. The van der Waals surface area contributed by atoms with Gasteiger partial charge < -0.3 is 9.13 Å². The van der Waals surface area contributed by atoms with Crippen molar-refractivity contribution in [1.82, 2.24) is 9.13 Å². The van der Waals surface area contributed by atoms with E-state index < -0.39 is 0 Å². The minimum absolute atomic E-state index is 0.621. The smallest absolute Gasteiger partial charge is 0.101 e. The van der Waals surface area contributed by atoms with Crippen molar-refractivity contribution in [3.05, 3.63) is 120 Å². The van der Waals surface area contributed by atoms with Crippen molar-refractivity contribution in [2.75, 3.05) is 0 Å². The average Bonchev–Trinajstić information content (AvgIpc) is 3.51. The molecule has 0 aliphatic carbocycles. The van der Waals surface area contributed by atoms with Gasteiger partial charge in [-0.25, -0.2) is 0 Å². The van der Waals surface area contributed by atoms with Crippen LogP contribution in [0.1, 0.15) is 25.0 Å². The van der Waals surface area contributed by atoms with Gasteiger partial charge in [0, 0.05) is 21.5 Å². The van der Waals surface area contributed by atoms with Crippen molar-refractivity contribution >= 4 is 43.6 Å². The van der Waals surface area contributed by atoms with Crippen LogP contribution in [0.15, 0.2) is 109 Å². The molecule has 0 aliphatic heterocycles. The second-order valence-corrected chi connectivity index (χ2v) is 8.82. The predicted molar refractivity (Wildman–Crippen MR) is 156 cm³/mol. The van der Waals surface area contributed by atoms with Crippen LogP contribution < -0.4 is 0 Å². The molecule has 0 N–H and O–H groups in total. The minimum atomic E-state index is 0.621. The monoisotopic (exact) mass is 488 g/mol. The van der Waals surface area contributed by atoms with Crippen LogP contribution in [-0.4, -0.2) is 9.13 Å². The Bertz CT molecular complexity index is 2080. The fraction of sp³-hybridized carbons (Fsp3) is 0.0588. The molecule has 2 heterocycles. The largest absolute Gasteiger partial charge is 0.308 e. The number of hydrogen-bond donors (Lipinski definition) is 0. The minimum Gasteiger partial charge on any atom is -0.308 e. The van der Waals surface area contributed by atoms with Gasteiger partial charge in [0.25, 0.3) is 0 Å². The summed E-state index contributed by atoms with van der Waals surface area (Å²) in [6.45, 7) is 4.00. The normalized spacial score (nSPS) is 10.8. The van der Waals surface area contributed by atoms with Crippen LogP contribution in [0.25, 0.3) is 55.0 Å². The van der Waals surface area contributed by atoms with Crippen LogP contribution in [0, 0.1) is 22.7 Å². The first kappa shape index (κ1) is 23.1. The highest BCUT2D eigenvalue weighted by atomic mass is 15.0. The lowest BCUT2D eigenvalue weighted by Crippen LogP contribution is -1.98. The number of aromatic nitrogens is 2. The maximum Gasteiger partial charge on any atom is 0.101 e. The molecular formula is C34H24N4. The van der Waals surface area contributed by atoms with Crippen LogP contribution >= 0.6 is 0 Å². The van der Waals surface area contributed by atoms with Crippen molar-refractivity contribution in [2.24, 2.45) is 0 Å². The summed E-state index contributed by atoms with van der Waals surface area (Å²) in [4.78, 5) is 0. The zero-order chi connectivity index (χ0) is 26.2. The third-order valence-corrected chi connectivity index (χ3v) is 7.00. The van der Waals surface area contributed by atoms with Gasteiger partial charge in [-0.05, 0) is 42.5 Å². The lowest BCUT2D eigenvalue weighted by molar-refractivity contribution is 1.16. The van der Waals surface area contributed by atoms with Crippen LogP contribution in [0.4, 0.5) is 0 Å². The molecule has 0 atom stereocenters. The molecular weight excluding hydrogens is 464 g/mol. The standard InChI is InChI=1S/C32H18N4.C2H6/c33-19-21-9-1-5-13-26(21)35-29-16-8-4-12-25(29)31-30(35)18-17-24-23-11-3-7-15-28(23)36(32(24)31)27-14-6-2-10-22(27)20-34;1-2/h1-18H;1-2H3. The fourth-order valence-corrected chi connectivity index (χ4v) is 5.54. The molecule has 0 aliphatic rings. The van der Waals surface area contributed by atoms with Crippen molar-refractivity contribution < 1.29 is 0 Å². The molecule has 0 unspecified atom stereocenters. The molecule has 0 saturated carbocycles. The molecule has 180 valence electrons. The first-order valence-corrected chi connectivity index (χ1v) is 12.8. The molecule has 0 amide bonds. The summed E-state index contributed by atoms with van der Waals surface area (Å²) in [5.41, 5.74) is 7.11. The average molecular weight is 489 g/mol. The van der Waals surface area contributed by atoms with E-state index in [0.717, 1.165) is 55.0 Å². The fourth-order valence-electron chi connectivity index (χ4n) is 5.54. The molecule has 0 saturated heterocycles. The summed E-state index contributed by atoms with van der Waals surface area (Å²) in [6, 6.07) is 41.2. The Hall–Kier alpha value is -5.32. The van der Waals surface area contributed by atoms with E-state index in [0.29, 0.717) is 11.1 Å². The lowest BCUT2D eigenvalue weighted by atomic mass is 10.1. The van der Waals surface area contributed by atoms with Gasteiger partial charge in [-0.3, -0.25) is 0 Å². The third-order valence-electron chi connectivity index (χ3n) is 7.00. The van der Waals surface area contributed by atoms with E-state index in [2.05, 4.69) is 69.8 Å². The topological polar surface area (TPSA) is 57.4 Å². The van der Waals surface area contributed by atoms with E-state index in [4.69, 9.17) is 0 Å². The molecule has 0 radical (unpaired) electrons. The van der Waals surface area contributed by atoms with Gasteiger partial charge in [-0.1, -0.05) is 80.6 Å². The molecule has 4 nitrogen and oxygen atoms in total. The Balaban J connectivity index is 0.00000129. The molecule has 0 bridgehead atoms. The molecule has 0 spiro atoms. The Labute approximate surface area is 220 Å². The van der Waals surface area contributed by atoms with Gasteiger partial charge in [0.2, 0.25) is 0 Å². The van der Waals surface area contributed by atoms with Crippen LogP contribution in [0.5, 0.6) is 0 Å². The van der Waals surface area contributed by atoms with Crippen LogP contribution in [-0.2, 0) is 0 Å². The van der Waals surface area contributed by atoms with E-state index in [1.165, 1.54) is 0 Å². The Morgan fingerprint density at radius 1 is 0.474 bits per heavy atom. The quantitative estimate of drug-likeness (QED) is 0.244. The first-order chi connectivity index (χ1) is 18.8. The molecule has 7 rings (SSSR count). The van der Waals surface area contributed by atoms with E-state index in [-0.39, 0.29) is 0 Å². The van der Waals surface area contributed by atoms with Gasteiger partial charge in [0.1, 0.15) is 12.1 Å². The van der Waals surface area contributed by atoms with Crippen LogP contribution in [0.2, 0.25) is 0 Å². The second-order valence-electron chi connectivity index (χ2n) is 8.82. The van der Waals surface area contributed by atoms with Gasteiger partial charge in [0.15, 0.2) is 0 Å². The maximum atomic E-state index is 9.96. The van der Waals surface area contributed by atoms with E-state index in [1.807, 2.05) is 74.5 Å². The number of para-hydroxylation sites is 4. The first-order valence-electron chi connectivity index (χ1n) is 12.8. The zero-order valence-corrected chi connectivity index (χ0v) is 21.2. The van der Waals surface area contributed by atoms with E-state index in [9.17, 15) is 10.5 Å². The SMILES string of the molecule is CC.N#Cc1ccccc1-n1c2ccccc2c2c1ccc1c3ccccc3n(-c3ccccc3C#N)c12. The summed E-state index contributed by atoms with van der Waals surface area (Å²) in [6.07, 6.45) is 0. The lowest BCUT2D eigenvalue weighted by Gasteiger charge is -2.11. The second kappa shape index (κ2) is 9.28. The Morgan fingerprint density at radius 2 is 0.974 bits per heavy atom. The molecule has 0 fully saturated rings. The molecule has 4 heteroatoms. The highest BCUT2D eigenvalue weighted by Crippen LogP contribution is 2.42. The van der Waals surface area contributed by atoms with E-state index >= 15 is 0 Å². The summed E-state index contributed by atoms with van der Waals surface area (Å²) < 4.78 is 4.40. The van der Waals surface area contributed by atoms with Crippen molar-refractivity contribution in [1.29, 1.82) is 10.5 Å². The summed E-state index contributed by atoms with van der Waals surface area (Å²) in [5, 5.41) is 24.3. The maximum absolute atomic E-state index is 9.96. The predicted octanol–water partition coefficient (Wildman–Crippen LogP) is 8.65. The molecule has 7 aromatic rings. The molecule has 5 aromatic carbocycles. The van der Waals surface area contributed by atoms with Crippen molar-refractivity contribution in [3.63, 3.8) is 0 Å². The van der Waals surface area contributed by atoms with Gasteiger partial charge in [-0.15, -0.1) is 0 Å². The molecule has 38 heavy (non-hydrogen) atoms. The third kappa shape index (κ3) is 3.22. The van der Waals surface area contributed by atoms with E-state index in [1.54, 1.807) is 0 Å². The van der Waals surface area contributed by atoms with Crippen molar-refractivity contribution in [2.45, 2.75) is 13.8 Å². The van der Waals surface area contributed by atoms with Gasteiger partial charge in [-0.2, -0.15) is 10.5 Å². The highest BCUT2D eigenvalue weighted by Gasteiger charge is 2.22. The zero-order valence-electron chi connectivity index (χ0n) is 21.2. The van der Waals surface area contributed by atoms with Crippen LogP contribution in [0.3, 0.4) is 0 Å². The number of benzene rings is 5. The summed E-state index contributed by atoms with van der Waals surface area (Å²) >= 11 is 0. The number of nitrogens with zero attached hydrogens (tertiary/aromatic N) is 4. The summed E-state index contributed by atoms with van der Waals surface area (Å²) in [5.74, 6) is 0. The summed E-state index contributed by atoms with van der Waals surface area (Å²) in [7, 11) is 0. The number of hydrogen-bond acceptors (Lipinski definition) is 2. The van der Waals surface area contributed by atoms with Gasteiger partial charge in [0.05, 0.1) is 44.6 Å². The Kier molecular flexibility index (Phi) is 5.64. The number of fused-ring (bicyclic) bond motifs is 7. The van der Waals surface area contributed by atoms with Crippen molar-refractivity contribution in [3.8, 4) is 23.5 Å². The number of nitriles is 2. The number of rotatable bonds is 2. The Morgan fingerprint density at radius 3 is 1.61 bits per heavy atom. The van der Waals surface area contributed by atoms with Gasteiger partial charge >= 0.3 is 0 Å².